The van der Waals surface area contributed by atoms with Crippen LogP contribution in [0.2, 0.25) is 0 Å². The molecule has 29 heavy (non-hydrogen) atoms. The number of likely N-dealkylation sites (tertiary alicyclic amines) is 1. The number of amides is 1. The second kappa shape index (κ2) is 8.09. The van der Waals surface area contributed by atoms with E-state index in [0.29, 0.717) is 18.8 Å². The quantitative estimate of drug-likeness (QED) is 0.480. The molecule has 2 heterocycles. The zero-order valence-electron chi connectivity index (χ0n) is 16.3. The number of fused-ring (bicyclic) bond motifs is 1. The molecule has 6 heteroatoms. The summed E-state index contributed by atoms with van der Waals surface area (Å²) in [6.07, 6.45) is 1.75. The lowest BCUT2D eigenvalue weighted by Crippen LogP contribution is -2.32. The molecule has 1 fully saturated rings. The van der Waals surface area contributed by atoms with E-state index in [1.54, 1.807) is 13.2 Å². The van der Waals surface area contributed by atoms with Crippen LogP contribution in [0.1, 0.15) is 29.2 Å². The van der Waals surface area contributed by atoms with Crippen LogP contribution in [0.5, 0.6) is 5.75 Å². The minimum absolute atomic E-state index is 0.106. The van der Waals surface area contributed by atoms with E-state index in [1.807, 2.05) is 42.5 Å². The first kappa shape index (κ1) is 19.2. The molecule has 1 unspecified atom stereocenters. The number of benzene rings is 2. The maximum atomic E-state index is 12.9. The number of methoxy groups -OCH3 is 1. The van der Waals surface area contributed by atoms with E-state index in [0.717, 1.165) is 29.7 Å². The van der Waals surface area contributed by atoms with Crippen molar-refractivity contribution >= 4 is 17.4 Å². The number of carbonyl (C=O) groups excluding carboxylic acids is 2. The second-order valence-electron chi connectivity index (χ2n) is 7.17. The highest BCUT2D eigenvalue weighted by molar-refractivity contribution is 6.46. The van der Waals surface area contributed by atoms with Crippen molar-refractivity contribution in [1.29, 1.82) is 0 Å². The van der Waals surface area contributed by atoms with Crippen molar-refractivity contribution in [2.75, 3.05) is 26.9 Å². The predicted octanol–water partition coefficient (Wildman–Crippen LogP) is 3.08. The number of hydrogen-bond donors (Lipinski definition) is 1. The van der Waals surface area contributed by atoms with Gasteiger partial charge in [-0.05, 0) is 42.2 Å². The van der Waals surface area contributed by atoms with E-state index >= 15 is 0 Å². The Balaban J connectivity index is 1.82. The summed E-state index contributed by atoms with van der Waals surface area (Å²) in [7, 11) is 1.54. The first-order chi connectivity index (χ1) is 14.1. The van der Waals surface area contributed by atoms with Crippen LogP contribution >= 0.6 is 0 Å². The van der Waals surface area contributed by atoms with Gasteiger partial charge in [-0.2, -0.15) is 0 Å². The van der Waals surface area contributed by atoms with Crippen LogP contribution in [0.3, 0.4) is 0 Å². The third kappa shape index (κ3) is 3.51. The van der Waals surface area contributed by atoms with Crippen LogP contribution in [0.4, 0.5) is 0 Å². The smallest absolute Gasteiger partial charge is 0.295 e. The predicted molar refractivity (Wildman–Crippen MR) is 108 cm³/mol. The maximum Gasteiger partial charge on any atom is 0.295 e. The van der Waals surface area contributed by atoms with Gasteiger partial charge in [-0.1, -0.05) is 30.3 Å². The lowest BCUT2D eigenvalue weighted by molar-refractivity contribution is -0.140. The van der Waals surface area contributed by atoms with Crippen molar-refractivity contribution in [3.8, 4) is 5.75 Å². The first-order valence-electron chi connectivity index (χ1n) is 9.70. The lowest BCUT2D eigenvalue weighted by Gasteiger charge is -2.25. The number of ketones is 1. The Bertz CT molecular complexity index is 966. The molecule has 1 atom stereocenters. The zero-order valence-corrected chi connectivity index (χ0v) is 16.3. The van der Waals surface area contributed by atoms with Gasteiger partial charge in [0.1, 0.15) is 11.5 Å². The molecule has 4 rings (SSSR count). The molecule has 0 aliphatic carbocycles. The summed E-state index contributed by atoms with van der Waals surface area (Å²) >= 11 is 0. The summed E-state index contributed by atoms with van der Waals surface area (Å²) in [4.78, 5) is 27.1. The molecule has 2 aliphatic heterocycles. The van der Waals surface area contributed by atoms with Crippen molar-refractivity contribution < 1.29 is 24.2 Å². The number of ether oxygens (including phenoxy) is 2. The van der Waals surface area contributed by atoms with Crippen molar-refractivity contribution in [2.45, 2.75) is 18.9 Å². The summed E-state index contributed by atoms with van der Waals surface area (Å²) in [5, 5.41) is 11.1. The summed E-state index contributed by atoms with van der Waals surface area (Å²) in [6.45, 7) is 1.24. The number of carbonyl (C=O) groups is 2. The average Bonchev–Trinajstić information content (AvgIpc) is 3.02. The minimum atomic E-state index is -0.679. The molecular weight excluding hydrogens is 370 g/mol. The number of Topliss-reactive ketones (excluding diaryl/α,β-unsaturated/α-hetero) is 1. The fourth-order valence-corrected chi connectivity index (χ4v) is 3.95. The molecule has 0 saturated carbocycles. The fourth-order valence-electron chi connectivity index (χ4n) is 3.95. The number of rotatable bonds is 5. The molecule has 1 amide bonds. The zero-order chi connectivity index (χ0) is 20.4. The van der Waals surface area contributed by atoms with Crippen LogP contribution in [0, 0.1) is 0 Å². The lowest BCUT2D eigenvalue weighted by atomic mass is 9.94. The summed E-state index contributed by atoms with van der Waals surface area (Å²) in [6, 6.07) is 14.0. The Hall–Kier alpha value is -3.12. The molecular formula is C23H23NO5. The second-order valence-corrected chi connectivity index (χ2v) is 7.17. The molecule has 150 valence electrons. The van der Waals surface area contributed by atoms with Gasteiger partial charge in [-0.25, -0.2) is 0 Å². The molecule has 0 spiro atoms. The van der Waals surface area contributed by atoms with E-state index in [9.17, 15) is 14.7 Å². The van der Waals surface area contributed by atoms with Crippen molar-refractivity contribution in [2.24, 2.45) is 0 Å². The van der Waals surface area contributed by atoms with Gasteiger partial charge in [0.15, 0.2) is 0 Å². The van der Waals surface area contributed by atoms with Crippen LogP contribution in [-0.4, -0.2) is 48.6 Å². The molecule has 1 saturated heterocycles. The third-order valence-electron chi connectivity index (χ3n) is 5.37. The number of aliphatic hydroxyl groups excluding tert-OH is 1. The number of aliphatic hydroxyl groups is 1. The third-order valence-corrected chi connectivity index (χ3v) is 5.37. The number of hydrogen-bond acceptors (Lipinski definition) is 5. The molecule has 0 bridgehead atoms. The monoisotopic (exact) mass is 393 g/mol. The van der Waals surface area contributed by atoms with Gasteiger partial charge in [-0.3, -0.25) is 9.59 Å². The fraction of sp³-hybridized carbons (Fsp3) is 0.304. The Morgan fingerprint density at radius 1 is 1.21 bits per heavy atom. The van der Waals surface area contributed by atoms with Gasteiger partial charge in [-0.15, -0.1) is 0 Å². The van der Waals surface area contributed by atoms with Gasteiger partial charge in [0, 0.05) is 19.2 Å². The summed E-state index contributed by atoms with van der Waals surface area (Å²) in [5.74, 6) is -0.668. The van der Waals surface area contributed by atoms with E-state index in [1.165, 1.54) is 4.90 Å². The largest absolute Gasteiger partial charge is 0.507 e. The van der Waals surface area contributed by atoms with Crippen molar-refractivity contribution in [1.82, 2.24) is 4.90 Å². The Kier molecular flexibility index (Phi) is 5.36. The average molecular weight is 393 g/mol. The van der Waals surface area contributed by atoms with E-state index in [2.05, 4.69) is 0 Å². The van der Waals surface area contributed by atoms with Gasteiger partial charge in [0.05, 0.1) is 24.8 Å². The van der Waals surface area contributed by atoms with E-state index < -0.39 is 17.7 Å². The van der Waals surface area contributed by atoms with Gasteiger partial charge >= 0.3 is 0 Å². The molecule has 2 aliphatic rings. The molecule has 1 N–H and O–H groups in total. The van der Waals surface area contributed by atoms with Crippen molar-refractivity contribution in [3.05, 3.63) is 70.8 Å². The number of aryl methyl sites for hydroxylation is 1. The topological polar surface area (TPSA) is 76.1 Å². The minimum Gasteiger partial charge on any atom is -0.507 e. The van der Waals surface area contributed by atoms with Crippen LogP contribution in [0.15, 0.2) is 54.1 Å². The highest BCUT2D eigenvalue weighted by Gasteiger charge is 2.45. The SMILES string of the molecule is COCCN1C(=O)C(=O)/C(=C(\O)c2ccc3c(c2)CCCO3)C1c1ccccc1. The normalized spacial score (nSPS) is 20.4. The van der Waals surface area contributed by atoms with Gasteiger partial charge in [0.2, 0.25) is 0 Å². The van der Waals surface area contributed by atoms with E-state index in [4.69, 9.17) is 9.47 Å². The summed E-state index contributed by atoms with van der Waals surface area (Å²) < 4.78 is 10.7. The van der Waals surface area contributed by atoms with Crippen LogP contribution in [-0.2, 0) is 20.7 Å². The standard InChI is InChI=1S/C23H23NO5/c1-28-13-11-24-20(15-6-3-2-4-7-15)19(22(26)23(24)27)21(25)17-9-10-18-16(14-17)8-5-12-29-18/h2-4,6-7,9-10,14,20,25H,5,8,11-13H2,1H3/b21-19-. The molecule has 6 nitrogen and oxygen atoms in total. The maximum absolute atomic E-state index is 12.9. The van der Waals surface area contributed by atoms with E-state index in [-0.39, 0.29) is 17.9 Å². The van der Waals surface area contributed by atoms with Crippen molar-refractivity contribution in [3.63, 3.8) is 0 Å². The highest BCUT2D eigenvalue weighted by Crippen LogP contribution is 2.39. The Labute approximate surface area is 169 Å². The van der Waals surface area contributed by atoms with Crippen LogP contribution in [0.25, 0.3) is 5.76 Å². The Morgan fingerprint density at radius 3 is 2.76 bits per heavy atom. The Morgan fingerprint density at radius 2 is 2.00 bits per heavy atom. The van der Waals surface area contributed by atoms with Crippen LogP contribution < -0.4 is 4.74 Å². The summed E-state index contributed by atoms with van der Waals surface area (Å²) in [5.41, 5.74) is 2.38. The molecule has 2 aromatic carbocycles. The van der Waals surface area contributed by atoms with Gasteiger partial charge in [0.25, 0.3) is 11.7 Å². The number of nitrogens with zero attached hydrogens (tertiary/aromatic N) is 1. The molecule has 0 radical (unpaired) electrons. The highest BCUT2D eigenvalue weighted by atomic mass is 16.5. The molecule has 0 aromatic heterocycles. The van der Waals surface area contributed by atoms with Gasteiger partial charge < -0.3 is 19.5 Å². The molecule has 2 aromatic rings. The first-order valence-corrected chi connectivity index (χ1v) is 9.70.